The summed E-state index contributed by atoms with van der Waals surface area (Å²) < 4.78 is 9.96. The molecule has 4 nitrogen and oxygen atoms in total. The normalized spacial score (nSPS) is 12.8. The number of carbonyl (C=O) groups excluding carboxylic acids is 1. The van der Waals surface area contributed by atoms with Crippen molar-refractivity contribution in [3.05, 3.63) is 0 Å². The van der Waals surface area contributed by atoms with Gasteiger partial charge in [-0.15, -0.1) is 0 Å². The molecule has 0 aromatic rings. The van der Waals surface area contributed by atoms with Crippen LogP contribution >= 0.6 is 15.9 Å². The van der Waals surface area contributed by atoms with E-state index in [1.54, 1.807) is 7.11 Å². The van der Waals surface area contributed by atoms with E-state index in [-0.39, 0.29) is 18.6 Å². The van der Waals surface area contributed by atoms with Gasteiger partial charge in [0.2, 0.25) is 5.91 Å². The van der Waals surface area contributed by atoms with Gasteiger partial charge in [-0.3, -0.25) is 4.79 Å². The second-order valence-corrected chi connectivity index (χ2v) is 4.73. The second kappa shape index (κ2) is 10.1. The van der Waals surface area contributed by atoms with Crippen molar-refractivity contribution in [3.63, 3.8) is 0 Å². The molecule has 96 valence electrons. The Balaban J connectivity index is 3.73. The molecule has 0 heterocycles. The van der Waals surface area contributed by atoms with Crippen LogP contribution in [0.15, 0.2) is 0 Å². The molecule has 1 N–H and O–H groups in total. The summed E-state index contributed by atoms with van der Waals surface area (Å²) in [7, 11) is 1.61. The molecular formula is C11H22BrNO3. The molecule has 0 radical (unpaired) electrons. The lowest BCUT2D eigenvalue weighted by molar-refractivity contribution is -0.127. The average Bonchev–Trinajstić information content (AvgIpc) is 2.23. The molecule has 0 aromatic carbocycles. The number of ether oxygens (including phenoxy) is 2. The first-order valence-corrected chi connectivity index (χ1v) is 6.66. The lowest BCUT2D eigenvalue weighted by atomic mass is 10.0. The number of hydrogen-bond donors (Lipinski definition) is 1. The Bertz CT molecular complexity index is 188. The highest BCUT2D eigenvalue weighted by molar-refractivity contribution is 9.09. The lowest BCUT2D eigenvalue weighted by Crippen LogP contribution is -2.40. The van der Waals surface area contributed by atoms with Gasteiger partial charge < -0.3 is 14.8 Å². The number of carbonyl (C=O) groups is 1. The van der Waals surface area contributed by atoms with Crippen LogP contribution in [0.3, 0.4) is 0 Å². The Labute approximate surface area is 106 Å². The van der Waals surface area contributed by atoms with Gasteiger partial charge in [-0.05, 0) is 12.3 Å². The van der Waals surface area contributed by atoms with E-state index in [2.05, 4.69) is 35.1 Å². The van der Waals surface area contributed by atoms with Crippen LogP contribution in [-0.4, -0.2) is 44.2 Å². The number of nitrogens with one attached hydrogen (secondary N) is 1. The van der Waals surface area contributed by atoms with Gasteiger partial charge in [0, 0.05) is 18.5 Å². The minimum Gasteiger partial charge on any atom is -0.382 e. The fraction of sp³-hybridized carbons (Fsp3) is 0.909. The van der Waals surface area contributed by atoms with E-state index in [4.69, 9.17) is 9.47 Å². The number of methoxy groups -OCH3 is 1. The Hall–Kier alpha value is -0.130. The van der Waals surface area contributed by atoms with Crippen LogP contribution in [0.1, 0.15) is 20.3 Å². The minimum atomic E-state index is -0.0595. The minimum absolute atomic E-state index is 0.0595. The van der Waals surface area contributed by atoms with Crippen molar-refractivity contribution in [2.45, 2.75) is 26.3 Å². The average molecular weight is 296 g/mol. The largest absolute Gasteiger partial charge is 0.382 e. The molecule has 0 aromatic heterocycles. The van der Waals surface area contributed by atoms with Crippen molar-refractivity contribution >= 4 is 21.8 Å². The van der Waals surface area contributed by atoms with Gasteiger partial charge in [-0.1, -0.05) is 29.8 Å². The molecule has 1 amide bonds. The summed E-state index contributed by atoms with van der Waals surface area (Å²) in [5.41, 5.74) is 0. The third kappa shape index (κ3) is 8.07. The van der Waals surface area contributed by atoms with Crippen LogP contribution in [0.4, 0.5) is 0 Å². The predicted octanol–water partition coefficient (Wildman–Crippen LogP) is 1.58. The van der Waals surface area contributed by atoms with E-state index in [1.165, 1.54) is 0 Å². The van der Waals surface area contributed by atoms with Crippen LogP contribution in [0, 0.1) is 5.92 Å². The molecule has 0 rings (SSSR count). The van der Waals surface area contributed by atoms with Crippen molar-refractivity contribution in [1.82, 2.24) is 5.32 Å². The van der Waals surface area contributed by atoms with Gasteiger partial charge in [0.05, 0.1) is 13.2 Å². The maximum absolute atomic E-state index is 11.5. The summed E-state index contributed by atoms with van der Waals surface area (Å²) in [6.45, 7) is 5.27. The predicted molar refractivity (Wildman–Crippen MR) is 67.9 cm³/mol. The Kier molecular flexibility index (Phi) is 9.97. The molecule has 1 atom stereocenters. The van der Waals surface area contributed by atoms with Crippen molar-refractivity contribution in [2.75, 3.05) is 32.3 Å². The van der Waals surface area contributed by atoms with Crippen molar-refractivity contribution in [1.29, 1.82) is 0 Å². The van der Waals surface area contributed by atoms with Gasteiger partial charge in [-0.2, -0.15) is 0 Å². The molecule has 0 saturated heterocycles. The first kappa shape index (κ1) is 15.9. The molecule has 0 bridgehead atoms. The topological polar surface area (TPSA) is 47.6 Å². The highest BCUT2D eigenvalue weighted by Crippen LogP contribution is 2.07. The quantitative estimate of drug-likeness (QED) is 0.519. The first-order valence-electron chi connectivity index (χ1n) is 5.53. The Morgan fingerprint density at radius 2 is 2.06 bits per heavy atom. The summed E-state index contributed by atoms with van der Waals surface area (Å²) in [6, 6.07) is 0.206. The van der Waals surface area contributed by atoms with Crippen molar-refractivity contribution < 1.29 is 14.3 Å². The monoisotopic (exact) mass is 295 g/mol. The van der Waals surface area contributed by atoms with Gasteiger partial charge in [-0.25, -0.2) is 0 Å². The van der Waals surface area contributed by atoms with Crippen LogP contribution in [0.5, 0.6) is 0 Å². The molecule has 5 heteroatoms. The summed E-state index contributed by atoms with van der Waals surface area (Å²) in [5, 5.41) is 3.85. The Morgan fingerprint density at radius 1 is 1.38 bits per heavy atom. The van der Waals surface area contributed by atoms with Crippen LogP contribution in [0.25, 0.3) is 0 Å². The van der Waals surface area contributed by atoms with Gasteiger partial charge in [0.25, 0.3) is 0 Å². The van der Waals surface area contributed by atoms with E-state index in [1.807, 2.05) is 0 Å². The van der Waals surface area contributed by atoms with Crippen molar-refractivity contribution in [3.8, 4) is 0 Å². The smallest absolute Gasteiger partial charge is 0.246 e. The van der Waals surface area contributed by atoms with Crippen molar-refractivity contribution in [2.24, 2.45) is 5.92 Å². The summed E-state index contributed by atoms with van der Waals surface area (Å²) >= 11 is 3.38. The van der Waals surface area contributed by atoms with E-state index in [9.17, 15) is 4.79 Å². The van der Waals surface area contributed by atoms with Crippen LogP contribution in [-0.2, 0) is 14.3 Å². The molecule has 0 spiro atoms. The summed E-state index contributed by atoms with van der Waals surface area (Å²) in [6.07, 6.45) is 0.932. The van der Waals surface area contributed by atoms with E-state index < -0.39 is 0 Å². The molecule has 0 fully saturated rings. The molecular weight excluding hydrogens is 274 g/mol. The van der Waals surface area contributed by atoms with Crippen LogP contribution in [0.2, 0.25) is 0 Å². The first-order chi connectivity index (χ1) is 7.61. The zero-order valence-corrected chi connectivity index (χ0v) is 11.9. The maximum Gasteiger partial charge on any atom is 0.246 e. The second-order valence-electron chi connectivity index (χ2n) is 3.94. The van der Waals surface area contributed by atoms with Gasteiger partial charge in [0.15, 0.2) is 0 Å². The number of halogens is 1. The molecule has 0 aliphatic rings. The molecule has 1 unspecified atom stereocenters. The zero-order valence-electron chi connectivity index (χ0n) is 10.3. The molecule has 0 aliphatic heterocycles. The SMILES string of the molecule is COCCOCC(=O)NC(CCBr)C(C)C. The van der Waals surface area contributed by atoms with E-state index >= 15 is 0 Å². The molecule has 16 heavy (non-hydrogen) atoms. The number of alkyl halides is 1. The summed E-state index contributed by atoms with van der Waals surface area (Å²) in [4.78, 5) is 11.5. The fourth-order valence-corrected chi connectivity index (χ4v) is 1.74. The van der Waals surface area contributed by atoms with E-state index in [0.717, 1.165) is 11.8 Å². The highest BCUT2D eigenvalue weighted by atomic mass is 79.9. The zero-order chi connectivity index (χ0) is 12.4. The molecule has 0 saturated carbocycles. The standard InChI is InChI=1S/C11H22BrNO3/c1-9(2)10(4-5-12)13-11(14)8-16-7-6-15-3/h9-10H,4-8H2,1-3H3,(H,13,14). The highest BCUT2D eigenvalue weighted by Gasteiger charge is 2.15. The third-order valence-corrected chi connectivity index (χ3v) is 2.69. The fourth-order valence-electron chi connectivity index (χ4n) is 1.25. The number of rotatable bonds is 9. The number of amides is 1. The maximum atomic E-state index is 11.5. The number of hydrogen-bond acceptors (Lipinski definition) is 3. The third-order valence-electron chi connectivity index (χ3n) is 2.24. The lowest BCUT2D eigenvalue weighted by Gasteiger charge is -2.21. The van der Waals surface area contributed by atoms with Crippen LogP contribution < -0.4 is 5.32 Å². The van der Waals surface area contributed by atoms with E-state index in [0.29, 0.717) is 19.1 Å². The molecule has 0 aliphatic carbocycles. The van der Waals surface area contributed by atoms with Gasteiger partial charge >= 0.3 is 0 Å². The summed E-state index contributed by atoms with van der Waals surface area (Å²) in [5.74, 6) is 0.372. The van der Waals surface area contributed by atoms with Gasteiger partial charge in [0.1, 0.15) is 6.61 Å². The Morgan fingerprint density at radius 3 is 2.56 bits per heavy atom.